The summed E-state index contributed by atoms with van der Waals surface area (Å²) in [7, 11) is 0. The second kappa shape index (κ2) is 6.70. The number of halogens is 3. The topological polar surface area (TPSA) is 55.2 Å². The van der Waals surface area contributed by atoms with Gasteiger partial charge in [0.15, 0.2) is 0 Å². The summed E-state index contributed by atoms with van der Waals surface area (Å²) >= 11 is 0. The van der Waals surface area contributed by atoms with Crippen LogP contribution in [0.15, 0.2) is 41.5 Å². The van der Waals surface area contributed by atoms with E-state index in [0.717, 1.165) is 25.0 Å². The Morgan fingerprint density at radius 2 is 1.76 bits per heavy atom. The van der Waals surface area contributed by atoms with Crippen LogP contribution in [0.5, 0.6) is 0 Å². The number of amides is 1. The molecule has 8 heteroatoms. The standard InChI is InChI=1S/C17H16F3N3O2/c18-17(19,20)13-5-3-12(4-6-13)14-9-15(24)23(11-21-14)10-16(25)22-7-1-2-8-22/h3-6,9,11H,1-2,7-8,10H2. The monoisotopic (exact) mass is 351 g/mol. The van der Waals surface area contributed by atoms with Crippen molar-refractivity contribution in [3.8, 4) is 11.3 Å². The van der Waals surface area contributed by atoms with Crippen LogP contribution in [0, 0.1) is 0 Å². The van der Waals surface area contributed by atoms with Crippen LogP contribution in [0.3, 0.4) is 0 Å². The molecule has 0 atom stereocenters. The molecular weight excluding hydrogens is 335 g/mol. The van der Waals surface area contributed by atoms with Crippen molar-refractivity contribution in [1.29, 1.82) is 0 Å². The van der Waals surface area contributed by atoms with E-state index in [4.69, 9.17) is 0 Å². The molecule has 3 rings (SSSR count). The van der Waals surface area contributed by atoms with Crippen molar-refractivity contribution in [3.05, 3.63) is 52.6 Å². The average molecular weight is 351 g/mol. The van der Waals surface area contributed by atoms with Crippen LogP contribution in [-0.2, 0) is 17.5 Å². The van der Waals surface area contributed by atoms with Gasteiger partial charge in [-0.25, -0.2) is 4.98 Å². The number of benzene rings is 1. The molecule has 1 fully saturated rings. The van der Waals surface area contributed by atoms with E-state index in [-0.39, 0.29) is 18.1 Å². The van der Waals surface area contributed by atoms with Gasteiger partial charge in [-0.05, 0) is 25.0 Å². The van der Waals surface area contributed by atoms with E-state index >= 15 is 0 Å². The highest BCUT2D eigenvalue weighted by atomic mass is 19.4. The van der Waals surface area contributed by atoms with Gasteiger partial charge in [-0.3, -0.25) is 14.2 Å². The zero-order chi connectivity index (χ0) is 18.0. The predicted octanol–water partition coefficient (Wildman–Crippen LogP) is 2.55. The third kappa shape index (κ3) is 3.89. The van der Waals surface area contributed by atoms with Crippen LogP contribution in [0.4, 0.5) is 13.2 Å². The summed E-state index contributed by atoms with van der Waals surface area (Å²) in [6.07, 6.45) is -1.23. The molecule has 25 heavy (non-hydrogen) atoms. The highest BCUT2D eigenvalue weighted by Crippen LogP contribution is 2.30. The van der Waals surface area contributed by atoms with Gasteiger partial charge in [0.2, 0.25) is 5.91 Å². The van der Waals surface area contributed by atoms with E-state index < -0.39 is 17.3 Å². The number of carbonyl (C=O) groups is 1. The van der Waals surface area contributed by atoms with Crippen LogP contribution in [0.25, 0.3) is 11.3 Å². The molecule has 1 aromatic carbocycles. The minimum atomic E-state index is -4.41. The van der Waals surface area contributed by atoms with Crippen molar-refractivity contribution < 1.29 is 18.0 Å². The maximum absolute atomic E-state index is 12.6. The lowest BCUT2D eigenvalue weighted by atomic mass is 10.1. The first-order chi connectivity index (χ1) is 11.8. The minimum absolute atomic E-state index is 0.0842. The number of hydrogen-bond donors (Lipinski definition) is 0. The summed E-state index contributed by atoms with van der Waals surface area (Å²) in [6.45, 7) is 1.31. The van der Waals surface area contributed by atoms with Crippen LogP contribution < -0.4 is 5.56 Å². The molecule has 0 spiro atoms. The van der Waals surface area contributed by atoms with Gasteiger partial charge in [0.25, 0.3) is 5.56 Å². The zero-order valence-corrected chi connectivity index (χ0v) is 13.3. The summed E-state index contributed by atoms with van der Waals surface area (Å²) in [5.74, 6) is -0.135. The zero-order valence-electron chi connectivity index (χ0n) is 13.3. The van der Waals surface area contributed by atoms with Gasteiger partial charge in [0.1, 0.15) is 6.54 Å². The van der Waals surface area contributed by atoms with Gasteiger partial charge in [0.05, 0.1) is 17.6 Å². The van der Waals surface area contributed by atoms with Crippen molar-refractivity contribution >= 4 is 5.91 Å². The van der Waals surface area contributed by atoms with Crippen molar-refractivity contribution in [2.45, 2.75) is 25.6 Å². The summed E-state index contributed by atoms with van der Waals surface area (Å²) in [6, 6.07) is 5.65. The molecule has 5 nitrogen and oxygen atoms in total. The molecule has 2 heterocycles. The summed E-state index contributed by atoms with van der Waals surface area (Å²) in [5, 5.41) is 0. The quantitative estimate of drug-likeness (QED) is 0.854. The van der Waals surface area contributed by atoms with Crippen molar-refractivity contribution in [1.82, 2.24) is 14.5 Å². The Balaban J connectivity index is 1.77. The van der Waals surface area contributed by atoms with E-state index in [1.807, 2.05) is 0 Å². The first-order valence-corrected chi connectivity index (χ1v) is 7.86. The molecule has 0 aliphatic carbocycles. The molecule has 1 aliphatic rings. The Kier molecular flexibility index (Phi) is 4.61. The van der Waals surface area contributed by atoms with E-state index in [1.54, 1.807) is 4.90 Å². The van der Waals surface area contributed by atoms with E-state index in [0.29, 0.717) is 18.7 Å². The van der Waals surface area contributed by atoms with Crippen molar-refractivity contribution in [3.63, 3.8) is 0 Å². The maximum atomic E-state index is 12.6. The average Bonchev–Trinajstić information content (AvgIpc) is 3.10. The Morgan fingerprint density at radius 1 is 1.12 bits per heavy atom. The van der Waals surface area contributed by atoms with E-state index in [2.05, 4.69) is 4.98 Å². The number of rotatable bonds is 3. The van der Waals surface area contributed by atoms with Crippen molar-refractivity contribution in [2.75, 3.05) is 13.1 Å². The number of alkyl halides is 3. The van der Waals surface area contributed by atoms with Crippen molar-refractivity contribution in [2.24, 2.45) is 0 Å². The maximum Gasteiger partial charge on any atom is 0.416 e. The third-order valence-corrected chi connectivity index (χ3v) is 4.15. The molecule has 132 valence electrons. The highest BCUT2D eigenvalue weighted by Gasteiger charge is 2.30. The van der Waals surface area contributed by atoms with E-state index in [9.17, 15) is 22.8 Å². The van der Waals surface area contributed by atoms with Crippen LogP contribution in [0.2, 0.25) is 0 Å². The lowest BCUT2D eigenvalue weighted by Gasteiger charge is -2.15. The lowest BCUT2D eigenvalue weighted by Crippen LogP contribution is -2.34. The van der Waals surface area contributed by atoms with Gasteiger partial charge in [-0.1, -0.05) is 12.1 Å². The summed E-state index contributed by atoms with van der Waals surface area (Å²) in [4.78, 5) is 30.0. The second-order valence-corrected chi connectivity index (χ2v) is 5.90. The number of nitrogens with zero attached hydrogens (tertiary/aromatic N) is 3. The van der Waals surface area contributed by atoms with Gasteiger partial charge in [-0.15, -0.1) is 0 Å². The molecule has 0 radical (unpaired) electrons. The van der Waals surface area contributed by atoms with Gasteiger partial charge >= 0.3 is 6.18 Å². The number of hydrogen-bond acceptors (Lipinski definition) is 3. The molecule has 0 saturated carbocycles. The largest absolute Gasteiger partial charge is 0.416 e. The Bertz CT molecular complexity index is 822. The molecule has 1 amide bonds. The van der Waals surface area contributed by atoms with Gasteiger partial charge in [-0.2, -0.15) is 13.2 Å². The van der Waals surface area contributed by atoms with Crippen LogP contribution >= 0.6 is 0 Å². The minimum Gasteiger partial charge on any atom is -0.341 e. The normalized spacial score (nSPS) is 14.8. The molecule has 0 unspecified atom stereocenters. The smallest absolute Gasteiger partial charge is 0.341 e. The fraction of sp³-hybridized carbons (Fsp3) is 0.353. The first-order valence-electron chi connectivity index (χ1n) is 7.86. The van der Waals surface area contributed by atoms with Crippen LogP contribution in [0.1, 0.15) is 18.4 Å². The Labute approximate surface area is 141 Å². The summed E-state index contributed by atoms with van der Waals surface area (Å²) < 4.78 is 39.0. The van der Waals surface area contributed by atoms with Gasteiger partial charge in [0, 0.05) is 24.7 Å². The molecular formula is C17H16F3N3O2. The summed E-state index contributed by atoms with van der Waals surface area (Å²) in [5.41, 5.74) is -0.509. The number of likely N-dealkylation sites (tertiary alicyclic amines) is 1. The second-order valence-electron chi connectivity index (χ2n) is 5.90. The number of carbonyl (C=O) groups excluding carboxylic acids is 1. The molecule has 1 aromatic heterocycles. The highest BCUT2D eigenvalue weighted by molar-refractivity contribution is 5.76. The van der Waals surface area contributed by atoms with Crippen LogP contribution in [-0.4, -0.2) is 33.4 Å². The molecule has 1 saturated heterocycles. The first kappa shape index (κ1) is 17.2. The predicted molar refractivity (Wildman–Crippen MR) is 84.7 cm³/mol. The fourth-order valence-corrected chi connectivity index (χ4v) is 2.74. The number of aromatic nitrogens is 2. The molecule has 2 aromatic rings. The third-order valence-electron chi connectivity index (χ3n) is 4.15. The Morgan fingerprint density at radius 3 is 2.32 bits per heavy atom. The Hall–Kier alpha value is -2.64. The fourth-order valence-electron chi connectivity index (χ4n) is 2.74. The van der Waals surface area contributed by atoms with Gasteiger partial charge < -0.3 is 4.90 Å². The lowest BCUT2D eigenvalue weighted by molar-refractivity contribution is -0.137. The molecule has 0 N–H and O–H groups in total. The van der Waals surface area contributed by atoms with E-state index in [1.165, 1.54) is 29.1 Å². The SMILES string of the molecule is O=C(Cn1cnc(-c2ccc(C(F)(F)F)cc2)cc1=O)N1CCCC1. The molecule has 0 bridgehead atoms. The molecule has 1 aliphatic heterocycles.